The molecular formula is C5H8Br2. The predicted octanol–water partition coefficient (Wildman–Crippen LogP) is 3.42. The van der Waals surface area contributed by atoms with Crippen molar-refractivity contribution in [1.29, 1.82) is 0 Å². The van der Waals surface area contributed by atoms with Crippen LogP contribution in [-0.2, 0) is 0 Å². The summed E-state index contributed by atoms with van der Waals surface area (Å²) in [4.78, 5) is 3.46. The Kier molecular flexibility index (Phi) is 7.37. The molecule has 0 heterocycles. The first-order chi connectivity index (χ1) is 3.41. The van der Waals surface area contributed by atoms with Gasteiger partial charge in [-0.1, -0.05) is 51.1 Å². The van der Waals surface area contributed by atoms with Gasteiger partial charge < -0.3 is 0 Å². The normalized spacial score (nSPS) is 15.7. The van der Waals surface area contributed by atoms with E-state index < -0.39 is 0 Å². The highest BCUT2D eigenvalue weighted by Crippen LogP contribution is 2.14. The highest BCUT2D eigenvalue weighted by atomic mass is 79.9. The third-order valence-corrected chi connectivity index (χ3v) is 1.64. The minimum absolute atomic E-state index is 1.50. The van der Waals surface area contributed by atoms with Crippen LogP contribution >= 0.6 is 31.9 Å². The molecule has 0 aromatic heterocycles. The summed E-state index contributed by atoms with van der Waals surface area (Å²) in [6.07, 6.45) is 4.50. The lowest BCUT2D eigenvalue weighted by molar-refractivity contribution is 1.50. The molecule has 0 aromatic rings. The van der Waals surface area contributed by atoms with Gasteiger partial charge in [0.25, 0.3) is 0 Å². The van der Waals surface area contributed by atoms with Crippen LogP contribution in [0.25, 0.3) is 0 Å². The lowest BCUT2D eigenvalue weighted by Gasteiger charge is -1.44. The van der Waals surface area contributed by atoms with Crippen LogP contribution in [0.3, 0.4) is 0 Å². The Labute approximate surface area is 61.2 Å². The Morgan fingerprint density at radius 2 is 1.14 bits per heavy atom. The Morgan fingerprint density at radius 3 is 1.14 bits per heavy atom. The second-order valence-electron chi connectivity index (χ2n) is 1.31. The molecule has 1 saturated carbocycles. The summed E-state index contributed by atoms with van der Waals surface area (Å²) in [6.45, 7) is 0. The Bertz CT molecular complexity index is 41.3. The van der Waals surface area contributed by atoms with E-state index in [1.165, 1.54) is 19.3 Å². The smallest absolute Gasteiger partial charge is 0.0120 e. The van der Waals surface area contributed by atoms with Crippen LogP contribution in [0.4, 0.5) is 0 Å². The average molecular weight is 228 g/mol. The molecule has 0 bridgehead atoms. The zero-order valence-corrected chi connectivity index (χ0v) is 7.20. The number of halogens is 2. The van der Waals surface area contributed by atoms with E-state index in [1.54, 1.807) is 9.97 Å². The molecule has 1 aliphatic rings. The molecular weight excluding hydrogens is 220 g/mol. The molecule has 1 rings (SSSR count). The van der Waals surface area contributed by atoms with Crippen molar-refractivity contribution in [1.82, 2.24) is 0 Å². The first kappa shape index (κ1) is 7.70. The van der Waals surface area contributed by atoms with E-state index in [0.717, 1.165) is 0 Å². The minimum Gasteiger partial charge on any atom is -0.0589 e. The second kappa shape index (κ2) is 6.70. The van der Waals surface area contributed by atoms with Crippen molar-refractivity contribution in [2.24, 2.45) is 0 Å². The van der Waals surface area contributed by atoms with Crippen LogP contribution in [0, 0.1) is 0 Å². The van der Waals surface area contributed by atoms with Gasteiger partial charge in [-0.25, -0.2) is 0 Å². The topological polar surface area (TPSA) is 0 Å². The lowest BCUT2D eigenvalue weighted by Crippen LogP contribution is -1.07. The largest absolute Gasteiger partial charge is 0.0589 e. The Morgan fingerprint density at radius 1 is 0.857 bits per heavy atom. The van der Waals surface area contributed by atoms with E-state index in [2.05, 4.69) is 31.9 Å². The predicted molar refractivity (Wildman–Crippen MR) is 40.8 cm³/mol. The fraction of sp³-hybridized carbons (Fsp3) is 0.600. The molecule has 2 heteroatoms. The molecule has 0 saturated heterocycles. The van der Waals surface area contributed by atoms with Crippen molar-refractivity contribution >= 4 is 31.9 Å². The molecule has 7 heavy (non-hydrogen) atoms. The molecule has 0 spiro atoms. The first-order valence-corrected chi connectivity index (χ1v) is 4.10. The maximum Gasteiger partial charge on any atom is -0.0120 e. The minimum atomic E-state index is 1.50. The monoisotopic (exact) mass is 226 g/mol. The van der Waals surface area contributed by atoms with E-state index in [0.29, 0.717) is 0 Å². The van der Waals surface area contributed by atoms with E-state index >= 15 is 0 Å². The summed E-state index contributed by atoms with van der Waals surface area (Å²) in [5.41, 5.74) is 0. The summed E-state index contributed by atoms with van der Waals surface area (Å²) >= 11 is 6.04. The summed E-state index contributed by atoms with van der Waals surface area (Å²) < 4.78 is 0. The molecule has 0 N–H and O–H groups in total. The molecule has 0 aromatic carbocycles. The highest BCUT2D eigenvalue weighted by Gasteiger charge is 1.95. The van der Waals surface area contributed by atoms with Gasteiger partial charge in [0.15, 0.2) is 0 Å². The first-order valence-electron chi connectivity index (χ1n) is 2.27. The van der Waals surface area contributed by atoms with Gasteiger partial charge in [-0.15, -0.1) is 0 Å². The zero-order chi connectivity index (χ0) is 5.54. The number of hydrogen-bond acceptors (Lipinski definition) is 0. The summed E-state index contributed by atoms with van der Waals surface area (Å²) in [5.74, 6) is 0. The van der Waals surface area contributed by atoms with Gasteiger partial charge in [0, 0.05) is 0 Å². The fourth-order valence-corrected chi connectivity index (χ4v) is 0. The standard InChI is InChI=1S/C3H6.C2H2Br2/c1-2-3-1;3-1-2-4/h1-3H2;1-2H. The van der Waals surface area contributed by atoms with Gasteiger partial charge in [0.1, 0.15) is 0 Å². The van der Waals surface area contributed by atoms with Crippen LogP contribution in [-0.4, -0.2) is 0 Å². The van der Waals surface area contributed by atoms with Crippen LogP contribution < -0.4 is 0 Å². The zero-order valence-electron chi connectivity index (χ0n) is 4.03. The van der Waals surface area contributed by atoms with Gasteiger partial charge >= 0.3 is 0 Å². The quantitative estimate of drug-likeness (QED) is 0.595. The van der Waals surface area contributed by atoms with E-state index in [-0.39, 0.29) is 0 Å². The number of hydrogen-bond donors (Lipinski definition) is 0. The second-order valence-corrected chi connectivity index (χ2v) is 2.37. The van der Waals surface area contributed by atoms with Crippen molar-refractivity contribution < 1.29 is 0 Å². The average Bonchev–Trinajstić information content (AvgIpc) is 2.47. The molecule has 0 unspecified atom stereocenters. The molecule has 0 aliphatic heterocycles. The molecule has 0 nitrogen and oxygen atoms in total. The lowest BCUT2D eigenvalue weighted by atomic mass is 11.0. The molecule has 42 valence electrons. The molecule has 0 atom stereocenters. The van der Waals surface area contributed by atoms with Crippen molar-refractivity contribution in [3.63, 3.8) is 0 Å². The summed E-state index contributed by atoms with van der Waals surface area (Å²) in [5, 5.41) is 0. The van der Waals surface area contributed by atoms with Crippen molar-refractivity contribution in [3.05, 3.63) is 9.97 Å². The van der Waals surface area contributed by atoms with Crippen molar-refractivity contribution in [2.45, 2.75) is 19.3 Å². The van der Waals surface area contributed by atoms with Gasteiger partial charge in [0.05, 0.1) is 0 Å². The van der Waals surface area contributed by atoms with E-state index in [4.69, 9.17) is 0 Å². The molecule has 0 amide bonds. The Hall–Kier alpha value is 0.700. The SMILES string of the molecule is BrC=CBr.C1CC1. The van der Waals surface area contributed by atoms with E-state index in [1.807, 2.05) is 0 Å². The number of rotatable bonds is 0. The summed E-state index contributed by atoms with van der Waals surface area (Å²) in [7, 11) is 0. The molecule has 1 aliphatic carbocycles. The van der Waals surface area contributed by atoms with Gasteiger partial charge in [-0.05, 0) is 9.97 Å². The molecule has 1 fully saturated rings. The fourth-order valence-electron chi connectivity index (χ4n) is 0. The molecule has 0 radical (unpaired) electrons. The maximum atomic E-state index is 3.02. The van der Waals surface area contributed by atoms with Crippen LogP contribution in [0.15, 0.2) is 9.97 Å². The third kappa shape index (κ3) is 20.3. The highest BCUT2D eigenvalue weighted by molar-refractivity contribution is 9.13. The van der Waals surface area contributed by atoms with Crippen molar-refractivity contribution in [2.75, 3.05) is 0 Å². The van der Waals surface area contributed by atoms with E-state index in [9.17, 15) is 0 Å². The van der Waals surface area contributed by atoms with Gasteiger partial charge in [0.2, 0.25) is 0 Å². The summed E-state index contributed by atoms with van der Waals surface area (Å²) in [6, 6.07) is 0. The van der Waals surface area contributed by atoms with Gasteiger partial charge in [-0.2, -0.15) is 0 Å². The van der Waals surface area contributed by atoms with Gasteiger partial charge in [-0.3, -0.25) is 0 Å². The van der Waals surface area contributed by atoms with Crippen molar-refractivity contribution in [3.8, 4) is 0 Å². The van der Waals surface area contributed by atoms with Crippen LogP contribution in [0.5, 0.6) is 0 Å². The van der Waals surface area contributed by atoms with Crippen LogP contribution in [0.1, 0.15) is 19.3 Å². The van der Waals surface area contributed by atoms with Crippen LogP contribution in [0.2, 0.25) is 0 Å². The maximum absolute atomic E-state index is 3.02. The Balaban J connectivity index is 0.000000105. The third-order valence-electron chi connectivity index (χ3n) is 0.401.